The van der Waals surface area contributed by atoms with Gasteiger partial charge in [-0.3, -0.25) is 4.79 Å². The maximum absolute atomic E-state index is 13.5. The molecule has 0 unspecified atom stereocenters. The van der Waals surface area contributed by atoms with Gasteiger partial charge in [-0.1, -0.05) is 102 Å². The van der Waals surface area contributed by atoms with E-state index in [1.807, 2.05) is 12.1 Å². The molecule has 34 heavy (non-hydrogen) atoms. The lowest BCUT2D eigenvalue weighted by atomic mass is 9.71. The fraction of sp³-hybridized carbons (Fsp3) is 0.281. The van der Waals surface area contributed by atoms with E-state index >= 15 is 0 Å². The average Bonchev–Trinajstić information content (AvgIpc) is 2.79. The summed E-state index contributed by atoms with van der Waals surface area (Å²) in [5.41, 5.74) is 8.06. The topological polar surface area (TPSA) is 20.3 Å². The molecule has 0 amide bonds. The van der Waals surface area contributed by atoms with Crippen molar-refractivity contribution < 1.29 is 4.79 Å². The maximum Gasteiger partial charge on any atom is 0.186 e. The third-order valence-electron chi connectivity index (χ3n) is 6.48. The van der Waals surface area contributed by atoms with Gasteiger partial charge >= 0.3 is 0 Å². The minimum atomic E-state index is -0.239. The maximum atomic E-state index is 13.5. The molecular formula is C32H35NO. The van der Waals surface area contributed by atoms with Crippen LogP contribution >= 0.6 is 0 Å². The van der Waals surface area contributed by atoms with Crippen molar-refractivity contribution in [3.63, 3.8) is 0 Å². The van der Waals surface area contributed by atoms with Crippen LogP contribution in [0.2, 0.25) is 0 Å². The summed E-state index contributed by atoms with van der Waals surface area (Å²) >= 11 is 0. The second-order valence-electron chi connectivity index (χ2n) is 11.2. The minimum Gasteiger partial charge on any atom is -0.344 e. The third kappa shape index (κ3) is 4.63. The molecule has 2 nitrogen and oxygen atoms in total. The minimum absolute atomic E-state index is 0.164. The van der Waals surface area contributed by atoms with Crippen LogP contribution in [0.3, 0.4) is 0 Å². The van der Waals surface area contributed by atoms with Gasteiger partial charge in [-0.2, -0.15) is 0 Å². The van der Waals surface area contributed by atoms with Crippen molar-refractivity contribution in [2.24, 2.45) is 10.8 Å². The highest BCUT2D eigenvalue weighted by molar-refractivity contribution is 6.12. The zero-order chi connectivity index (χ0) is 24.7. The molecule has 0 fully saturated rings. The number of allylic oxidation sites excluding steroid dienone is 8. The average molecular weight is 450 g/mol. The van der Waals surface area contributed by atoms with Crippen LogP contribution in [0.4, 0.5) is 0 Å². The molecule has 0 saturated heterocycles. The van der Waals surface area contributed by atoms with Crippen molar-refractivity contribution in [3.8, 4) is 0 Å². The highest BCUT2D eigenvalue weighted by Gasteiger charge is 2.34. The smallest absolute Gasteiger partial charge is 0.186 e. The normalized spacial score (nSPS) is 17.3. The Balaban J connectivity index is 2.01. The highest BCUT2D eigenvalue weighted by atomic mass is 16.1. The number of hydrogen-bond donors (Lipinski definition) is 0. The van der Waals surface area contributed by atoms with Gasteiger partial charge < -0.3 is 4.90 Å². The fourth-order valence-corrected chi connectivity index (χ4v) is 4.51. The van der Waals surface area contributed by atoms with Gasteiger partial charge in [0.1, 0.15) is 0 Å². The van der Waals surface area contributed by atoms with E-state index in [0.717, 1.165) is 44.8 Å². The Morgan fingerprint density at radius 2 is 0.912 bits per heavy atom. The molecule has 0 N–H and O–H groups in total. The number of carbonyl (C=O) groups is 1. The van der Waals surface area contributed by atoms with Crippen LogP contribution in [0, 0.1) is 10.8 Å². The molecule has 2 aliphatic rings. The molecule has 1 aliphatic carbocycles. The first-order valence-electron chi connectivity index (χ1n) is 12.0. The number of Topliss-reactive ketones (excluding diaryl/α,β-unsaturated/α-hetero) is 1. The zero-order valence-electron chi connectivity index (χ0n) is 21.4. The molecule has 0 radical (unpaired) electrons. The van der Waals surface area contributed by atoms with Crippen LogP contribution in [0.1, 0.15) is 52.7 Å². The number of ketones is 1. The first-order valence-corrected chi connectivity index (χ1v) is 12.0. The number of hydrogen-bond acceptors (Lipinski definition) is 2. The van der Waals surface area contributed by atoms with Crippen molar-refractivity contribution in [1.82, 2.24) is 4.90 Å². The van der Waals surface area contributed by atoms with Gasteiger partial charge in [0.2, 0.25) is 0 Å². The van der Waals surface area contributed by atoms with Crippen molar-refractivity contribution >= 4 is 17.2 Å². The Morgan fingerprint density at radius 3 is 1.26 bits per heavy atom. The van der Waals surface area contributed by atoms with Gasteiger partial charge in [-0.25, -0.2) is 0 Å². The summed E-state index contributed by atoms with van der Waals surface area (Å²) in [7, 11) is 2.12. The lowest BCUT2D eigenvalue weighted by molar-refractivity contribution is -0.114. The Bertz CT molecular complexity index is 1160. The second-order valence-corrected chi connectivity index (χ2v) is 11.2. The molecule has 0 atom stereocenters. The van der Waals surface area contributed by atoms with E-state index < -0.39 is 0 Å². The van der Waals surface area contributed by atoms with Gasteiger partial charge in [0.05, 0.1) is 0 Å². The molecule has 174 valence electrons. The number of rotatable bonds is 2. The third-order valence-corrected chi connectivity index (χ3v) is 6.48. The molecule has 0 saturated carbocycles. The van der Waals surface area contributed by atoms with Crippen LogP contribution in [0.5, 0.6) is 0 Å². The van der Waals surface area contributed by atoms with Crippen molar-refractivity contribution in [3.05, 3.63) is 118 Å². The summed E-state index contributed by atoms with van der Waals surface area (Å²) in [5.74, 6) is 0.164. The van der Waals surface area contributed by atoms with Crippen molar-refractivity contribution in [2.75, 3.05) is 7.05 Å². The summed E-state index contributed by atoms with van der Waals surface area (Å²) in [6.07, 6.45) is 8.72. The fourth-order valence-electron chi connectivity index (χ4n) is 4.51. The van der Waals surface area contributed by atoms with Gasteiger partial charge in [0.15, 0.2) is 5.78 Å². The van der Waals surface area contributed by atoms with E-state index in [-0.39, 0.29) is 16.6 Å². The van der Waals surface area contributed by atoms with E-state index in [1.54, 1.807) is 0 Å². The van der Waals surface area contributed by atoms with Crippen molar-refractivity contribution in [1.29, 1.82) is 0 Å². The van der Waals surface area contributed by atoms with Gasteiger partial charge in [0, 0.05) is 29.6 Å². The summed E-state index contributed by atoms with van der Waals surface area (Å²) in [5, 5.41) is 0. The van der Waals surface area contributed by atoms with Crippen LogP contribution < -0.4 is 0 Å². The van der Waals surface area contributed by atoms with Gasteiger partial charge in [-0.15, -0.1) is 0 Å². The predicted molar refractivity (Wildman–Crippen MR) is 144 cm³/mol. The van der Waals surface area contributed by atoms with Crippen LogP contribution in [0.15, 0.2) is 107 Å². The molecule has 1 heterocycles. The SMILES string of the molecule is CN1C(c2ccccc2)=CC(=C2C=C(C(C)(C)C)C(=O)C(C(C)(C)C)=C2)C=C1c1ccccc1. The lowest BCUT2D eigenvalue weighted by Gasteiger charge is -2.33. The standard InChI is InChI=1S/C32H35NO/c1-31(2,3)26-18-24(19-27(30(26)34)32(4,5)6)25-20-28(22-14-10-8-11-15-22)33(7)29(21-25)23-16-12-9-13-17-23/h8-21H,1-7H3. The summed E-state index contributed by atoms with van der Waals surface area (Å²) < 4.78 is 0. The summed E-state index contributed by atoms with van der Waals surface area (Å²) in [6.45, 7) is 12.7. The van der Waals surface area contributed by atoms with Crippen LogP contribution in [-0.2, 0) is 4.79 Å². The number of nitrogens with zero attached hydrogens (tertiary/aromatic N) is 1. The van der Waals surface area contributed by atoms with Crippen LogP contribution in [0.25, 0.3) is 11.4 Å². The largest absolute Gasteiger partial charge is 0.344 e. The molecule has 4 rings (SSSR count). The quantitative estimate of drug-likeness (QED) is 0.465. The van der Waals surface area contributed by atoms with Crippen molar-refractivity contribution in [2.45, 2.75) is 41.5 Å². The van der Waals surface area contributed by atoms with E-state index in [0.29, 0.717) is 0 Å². The predicted octanol–water partition coefficient (Wildman–Crippen LogP) is 7.84. The zero-order valence-corrected chi connectivity index (χ0v) is 21.4. The monoisotopic (exact) mass is 449 g/mol. The Hall–Kier alpha value is -3.39. The molecule has 0 aromatic heterocycles. The number of benzene rings is 2. The van der Waals surface area contributed by atoms with E-state index in [9.17, 15) is 4.79 Å². The highest BCUT2D eigenvalue weighted by Crippen LogP contribution is 2.42. The molecule has 2 aromatic carbocycles. The molecule has 2 aromatic rings. The first kappa shape index (κ1) is 23.8. The molecule has 0 spiro atoms. The summed E-state index contributed by atoms with van der Waals surface area (Å²) in [4.78, 5) is 15.7. The van der Waals surface area contributed by atoms with Gasteiger partial charge in [-0.05, 0) is 57.4 Å². The van der Waals surface area contributed by atoms with Crippen LogP contribution in [-0.4, -0.2) is 17.7 Å². The molecule has 0 bridgehead atoms. The van der Waals surface area contributed by atoms with Gasteiger partial charge in [0.25, 0.3) is 0 Å². The Labute approximate surface area is 204 Å². The summed E-state index contributed by atoms with van der Waals surface area (Å²) in [6, 6.07) is 21.0. The second kappa shape index (κ2) is 8.76. The first-order chi connectivity index (χ1) is 16.0. The molecular weight excluding hydrogens is 414 g/mol. The lowest BCUT2D eigenvalue weighted by Crippen LogP contribution is -2.28. The number of carbonyl (C=O) groups excluding carboxylic acids is 1. The van der Waals surface area contributed by atoms with E-state index in [4.69, 9.17) is 0 Å². The molecule has 1 aliphatic heterocycles. The Morgan fingerprint density at radius 1 is 0.559 bits per heavy atom. The Kier molecular flexibility index (Phi) is 6.12. The molecule has 2 heteroatoms. The van der Waals surface area contributed by atoms with E-state index in [1.165, 1.54) is 0 Å². The van der Waals surface area contributed by atoms with E-state index in [2.05, 4.69) is 126 Å².